The van der Waals surface area contributed by atoms with E-state index in [9.17, 15) is 0 Å². The van der Waals surface area contributed by atoms with Gasteiger partial charge in [-0.15, -0.1) is 0 Å². The summed E-state index contributed by atoms with van der Waals surface area (Å²) in [6.07, 6.45) is 3.98. The summed E-state index contributed by atoms with van der Waals surface area (Å²) in [5, 5.41) is 8.57. The quantitative estimate of drug-likeness (QED) is 0.198. The Bertz CT molecular complexity index is 2710. The number of fused-ring (bicyclic) bond motifs is 14. The molecule has 0 radical (unpaired) electrons. The highest BCUT2D eigenvalue weighted by atomic mass is 15.1. The van der Waals surface area contributed by atoms with Gasteiger partial charge in [0.25, 0.3) is 0 Å². The lowest BCUT2D eigenvalue weighted by Gasteiger charge is -2.14. The number of hydrogen-bond donors (Lipinski definition) is 0. The lowest BCUT2D eigenvalue weighted by molar-refractivity contribution is 1.15. The second-order valence-corrected chi connectivity index (χ2v) is 11.2. The Morgan fingerprint density at radius 1 is 0.395 bits per heavy atom. The van der Waals surface area contributed by atoms with Crippen molar-refractivity contribution in [3.05, 3.63) is 146 Å². The van der Waals surface area contributed by atoms with E-state index in [1.165, 1.54) is 54.4 Å². The largest absolute Gasteiger partial charge is 0.307 e. The zero-order chi connectivity index (χ0) is 28.1. The van der Waals surface area contributed by atoms with Gasteiger partial charge in [-0.05, 0) is 41.8 Å². The number of pyridine rings is 1. The van der Waals surface area contributed by atoms with Crippen LogP contribution in [0.1, 0.15) is 0 Å². The highest BCUT2D eigenvalue weighted by Crippen LogP contribution is 2.44. The van der Waals surface area contributed by atoms with E-state index in [0.29, 0.717) is 0 Å². The van der Waals surface area contributed by atoms with Crippen molar-refractivity contribution in [2.24, 2.45) is 0 Å². The molecule has 4 heteroatoms. The molecule has 10 aromatic rings. The second-order valence-electron chi connectivity index (χ2n) is 11.2. The van der Waals surface area contributed by atoms with Crippen LogP contribution in [-0.4, -0.2) is 18.5 Å². The average Bonchev–Trinajstić information content (AvgIpc) is 3.78. The zero-order valence-corrected chi connectivity index (χ0v) is 23.1. The fourth-order valence-corrected chi connectivity index (χ4v) is 7.37. The number of imidazole rings is 1. The van der Waals surface area contributed by atoms with Gasteiger partial charge >= 0.3 is 0 Å². The van der Waals surface area contributed by atoms with Gasteiger partial charge in [-0.1, -0.05) is 97.1 Å². The molecular weight excluding hydrogens is 524 g/mol. The SMILES string of the molecule is c1ccc(-n2c3ccccc3c3ccc4c5ccc6c(c7ccccc7c7nccn67)c5n(-c5ccccc5)c4c32)cc1. The van der Waals surface area contributed by atoms with Crippen molar-refractivity contribution in [2.45, 2.75) is 0 Å². The van der Waals surface area contributed by atoms with Crippen molar-refractivity contribution in [2.75, 3.05) is 0 Å². The van der Waals surface area contributed by atoms with E-state index < -0.39 is 0 Å². The fourth-order valence-electron chi connectivity index (χ4n) is 7.37. The lowest BCUT2D eigenvalue weighted by atomic mass is 10.0. The fraction of sp³-hybridized carbons (Fsp3) is 0. The third-order valence-electron chi connectivity index (χ3n) is 9.07. The standard InChI is InChI=1S/C39H24N4/c1-3-11-25(12-4-1)42-33-18-10-9-15-27(33)29-19-20-31-30-21-22-34-35(28-16-7-8-17-32(28)39-40-23-24-41(34)39)36(30)43(38(31)37(29)42)26-13-5-2-6-14-26/h1-24H. The number of nitrogens with zero attached hydrogens (tertiary/aromatic N) is 4. The van der Waals surface area contributed by atoms with Crippen molar-refractivity contribution in [1.29, 1.82) is 0 Å². The first kappa shape index (κ1) is 22.8. The number of benzene rings is 6. The Morgan fingerprint density at radius 3 is 1.72 bits per heavy atom. The molecule has 0 aliphatic heterocycles. The first-order valence-corrected chi connectivity index (χ1v) is 14.7. The molecule has 6 aromatic carbocycles. The number of aromatic nitrogens is 4. The molecule has 0 saturated heterocycles. The van der Waals surface area contributed by atoms with E-state index in [2.05, 4.69) is 153 Å². The predicted octanol–water partition coefficient (Wildman–Crippen LogP) is 9.83. The first-order chi connectivity index (χ1) is 21.4. The van der Waals surface area contributed by atoms with Crippen LogP contribution in [0.2, 0.25) is 0 Å². The summed E-state index contributed by atoms with van der Waals surface area (Å²) in [7, 11) is 0. The van der Waals surface area contributed by atoms with Crippen molar-refractivity contribution >= 4 is 70.9 Å². The van der Waals surface area contributed by atoms with Crippen molar-refractivity contribution in [3.8, 4) is 11.4 Å². The van der Waals surface area contributed by atoms with Crippen molar-refractivity contribution < 1.29 is 0 Å². The minimum absolute atomic E-state index is 0.983. The van der Waals surface area contributed by atoms with Crippen LogP contribution in [0.25, 0.3) is 82.3 Å². The van der Waals surface area contributed by atoms with Gasteiger partial charge < -0.3 is 9.13 Å². The molecule has 0 saturated carbocycles. The predicted molar refractivity (Wildman–Crippen MR) is 179 cm³/mol. The van der Waals surface area contributed by atoms with Crippen molar-refractivity contribution in [3.63, 3.8) is 0 Å². The monoisotopic (exact) mass is 548 g/mol. The Balaban J connectivity index is 1.55. The van der Waals surface area contributed by atoms with E-state index in [-0.39, 0.29) is 0 Å². The summed E-state index contributed by atoms with van der Waals surface area (Å²) >= 11 is 0. The molecule has 0 N–H and O–H groups in total. The zero-order valence-electron chi connectivity index (χ0n) is 23.1. The summed E-state index contributed by atoms with van der Waals surface area (Å²) < 4.78 is 7.18. The van der Waals surface area contributed by atoms with Gasteiger partial charge in [0.1, 0.15) is 5.65 Å². The van der Waals surface area contributed by atoms with Gasteiger partial charge in [-0.25, -0.2) is 4.98 Å². The van der Waals surface area contributed by atoms with Crippen LogP contribution in [0.15, 0.2) is 146 Å². The molecule has 0 bridgehead atoms. The van der Waals surface area contributed by atoms with Gasteiger partial charge in [0, 0.05) is 56.1 Å². The van der Waals surface area contributed by atoms with E-state index in [1.807, 2.05) is 6.20 Å². The third kappa shape index (κ3) is 2.92. The Labute approximate surface area is 246 Å². The Kier molecular flexibility index (Phi) is 4.42. The minimum Gasteiger partial charge on any atom is -0.307 e. The minimum atomic E-state index is 0.983. The van der Waals surface area contributed by atoms with E-state index in [4.69, 9.17) is 4.98 Å². The topological polar surface area (TPSA) is 27.2 Å². The molecule has 0 aliphatic rings. The number of rotatable bonds is 2. The van der Waals surface area contributed by atoms with E-state index in [0.717, 1.165) is 27.9 Å². The van der Waals surface area contributed by atoms with Crippen LogP contribution in [0, 0.1) is 0 Å². The molecule has 0 aliphatic carbocycles. The van der Waals surface area contributed by atoms with Gasteiger partial charge in [0.15, 0.2) is 0 Å². The van der Waals surface area contributed by atoms with Crippen LogP contribution in [0.5, 0.6) is 0 Å². The molecule has 4 aromatic heterocycles. The average molecular weight is 549 g/mol. The van der Waals surface area contributed by atoms with Gasteiger partial charge in [-0.2, -0.15) is 0 Å². The van der Waals surface area contributed by atoms with Crippen molar-refractivity contribution in [1.82, 2.24) is 18.5 Å². The molecule has 0 fully saturated rings. The molecule has 0 spiro atoms. The van der Waals surface area contributed by atoms with E-state index >= 15 is 0 Å². The van der Waals surface area contributed by atoms with Crippen LogP contribution in [0.4, 0.5) is 0 Å². The Hall–Kier alpha value is -5.87. The summed E-state index contributed by atoms with van der Waals surface area (Å²) in [6, 6.07) is 48.2. The smallest absolute Gasteiger partial charge is 0.145 e. The van der Waals surface area contributed by atoms with Crippen LogP contribution in [-0.2, 0) is 0 Å². The lowest BCUT2D eigenvalue weighted by Crippen LogP contribution is -1.99. The highest BCUT2D eigenvalue weighted by Gasteiger charge is 2.23. The first-order valence-electron chi connectivity index (χ1n) is 14.7. The summed E-state index contributed by atoms with van der Waals surface area (Å²) in [5.41, 5.74) is 9.27. The molecule has 10 rings (SSSR count). The summed E-state index contributed by atoms with van der Waals surface area (Å²) in [5.74, 6) is 0. The highest BCUT2D eigenvalue weighted by molar-refractivity contribution is 6.30. The normalized spacial score (nSPS) is 12.2. The molecule has 200 valence electrons. The maximum atomic E-state index is 4.76. The van der Waals surface area contributed by atoms with Gasteiger partial charge in [0.05, 0.1) is 27.6 Å². The summed E-state index contributed by atoms with van der Waals surface area (Å²) in [6.45, 7) is 0. The number of para-hydroxylation sites is 3. The third-order valence-corrected chi connectivity index (χ3v) is 9.07. The van der Waals surface area contributed by atoms with Gasteiger partial charge in [-0.3, -0.25) is 4.40 Å². The van der Waals surface area contributed by atoms with Crippen LogP contribution >= 0.6 is 0 Å². The summed E-state index contributed by atoms with van der Waals surface area (Å²) in [4.78, 5) is 4.76. The number of hydrogen-bond acceptors (Lipinski definition) is 1. The molecule has 43 heavy (non-hydrogen) atoms. The van der Waals surface area contributed by atoms with Crippen LogP contribution < -0.4 is 0 Å². The molecule has 4 nitrogen and oxygen atoms in total. The van der Waals surface area contributed by atoms with Crippen LogP contribution in [0.3, 0.4) is 0 Å². The van der Waals surface area contributed by atoms with E-state index in [1.54, 1.807) is 0 Å². The maximum absolute atomic E-state index is 4.76. The molecule has 0 unspecified atom stereocenters. The molecular formula is C39H24N4. The Morgan fingerprint density at radius 2 is 0.953 bits per heavy atom. The maximum Gasteiger partial charge on any atom is 0.145 e. The molecule has 4 heterocycles. The molecule has 0 atom stereocenters. The molecule has 0 amide bonds. The second kappa shape index (κ2) is 8.34. The van der Waals surface area contributed by atoms with Gasteiger partial charge in [0.2, 0.25) is 0 Å².